The van der Waals surface area contributed by atoms with E-state index in [-0.39, 0.29) is 17.6 Å². The Labute approximate surface area is 137 Å². The molecule has 1 aromatic heterocycles. The average molecular weight is 333 g/mol. The van der Waals surface area contributed by atoms with Gasteiger partial charge in [-0.15, -0.1) is 11.3 Å². The first-order valence-electron chi connectivity index (χ1n) is 6.96. The van der Waals surface area contributed by atoms with E-state index in [9.17, 15) is 14.0 Å². The van der Waals surface area contributed by atoms with Crippen LogP contribution in [0.3, 0.4) is 0 Å². The molecule has 0 unspecified atom stereocenters. The van der Waals surface area contributed by atoms with Crippen molar-refractivity contribution in [3.8, 4) is 10.6 Å². The minimum absolute atomic E-state index is 0.134. The van der Waals surface area contributed by atoms with E-state index in [4.69, 9.17) is 0 Å². The lowest BCUT2D eigenvalue weighted by molar-refractivity contribution is -0.119. The predicted octanol–water partition coefficient (Wildman–Crippen LogP) is 2.21. The first kappa shape index (κ1) is 16.8. The summed E-state index contributed by atoms with van der Waals surface area (Å²) in [5, 5.41) is 7.81. The van der Waals surface area contributed by atoms with E-state index in [1.807, 2.05) is 5.38 Å². The Morgan fingerprint density at radius 2 is 1.91 bits per heavy atom. The number of hydrogen-bond acceptors (Lipinski definition) is 4. The predicted molar refractivity (Wildman–Crippen MR) is 88.2 cm³/mol. The Hall–Kier alpha value is -2.54. The Kier molecular flexibility index (Phi) is 5.99. The number of amides is 2. The van der Waals surface area contributed by atoms with Crippen LogP contribution in [0.4, 0.5) is 4.39 Å². The maximum absolute atomic E-state index is 12.9. The smallest absolute Gasteiger partial charge is 0.244 e. The van der Waals surface area contributed by atoms with Gasteiger partial charge >= 0.3 is 0 Å². The summed E-state index contributed by atoms with van der Waals surface area (Å²) >= 11 is 1.42. The van der Waals surface area contributed by atoms with Crippen molar-refractivity contribution in [1.29, 1.82) is 0 Å². The van der Waals surface area contributed by atoms with Gasteiger partial charge in [0.1, 0.15) is 10.8 Å². The molecule has 23 heavy (non-hydrogen) atoms. The Morgan fingerprint density at radius 1 is 1.22 bits per heavy atom. The molecule has 0 spiro atoms. The zero-order valence-corrected chi connectivity index (χ0v) is 13.3. The topological polar surface area (TPSA) is 71.1 Å². The van der Waals surface area contributed by atoms with E-state index in [1.165, 1.54) is 36.5 Å². The SMILES string of the molecule is CC(=O)NCCNC(=O)C=Cc1csc(-c2ccc(F)cc2)n1. The van der Waals surface area contributed by atoms with Crippen LogP contribution in [0.1, 0.15) is 12.6 Å². The number of thiazole rings is 1. The minimum Gasteiger partial charge on any atom is -0.355 e. The van der Waals surface area contributed by atoms with Gasteiger partial charge in [-0.05, 0) is 30.3 Å². The van der Waals surface area contributed by atoms with Crippen molar-refractivity contribution < 1.29 is 14.0 Å². The second-order valence-corrected chi connectivity index (χ2v) is 5.55. The van der Waals surface area contributed by atoms with Gasteiger partial charge in [-0.2, -0.15) is 0 Å². The molecule has 120 valence electrons. The van der Waals surface area contributed by atoms with E-state index in [1.54, 1.807) is 18.2 Å². The fraction of sp³-hybridized carbons (Fsp3) is 0.188. The van der Waals surface area contributed by atoms with Crippen molar-refractivity contribution in [2.45, 2.75) is 6.92 Å². The number of nitrogens with zero attached hydrogens (tertiary/aromatic N) is 1. The van der Waals surface area contributed by atoms with Crippen LogP contribution >= 0.6 is 11.3 Å². The van der Waals surface area contributed by atoms with Gasteiger partial charge < -0.3 is 10.6 Å². The third-order valence-electron chi connectivity index (χ3n) is 2.82. The molecule has 0 fully saturated rings. The van der Waals surface area contributed by atoms with Crippen LogP contribution in [0, 0.1) is 5.82 Å². The second-order valence-electron chi connectivity index (χ2n) is 4.69. The fourth-order valence-corrected chi connectivity index (χ4v) is 2.53. The molecule has 0 aliphatic rings. The lowest BCUT2D eigenvalue weighted by atomic mass is 10.2. The van der Waals surface area contributed by atoms with Crippen molar-refractivity contribution >= 4 is 29.2 Å². The summed E-state index contributed by atoms with van der Waals surface area (Å²) in [5.74, 6) is -0.682. The zero-order valence-electron chi connectivity index (χ0n) is 12.5. The van der Waals surface area contributed by atoms with Gasteiger partial charge in [-0.25, -0.2) is 9.37 Å². The highest BCUT2D eigenvalue weighted by molar-refractivity contribution is 7.13. The van der Waals surface area contributed by atoms with Gasteiger partial charge in [0, 0.05) is 37.0 Å². The summed E-state index contributed by atoms with van der Waals surface area (Å²) in [6, 6.07) is 6.09. The normalized spacial score (nSPS) is 10.7. The van der Waals surface area contributed by atoms with Crippen LogP contribution in [-0.4, -0.2) is 29.9 Å². The highest BCUT2D eigenvalue weighted by Gasteiger charge is 2.03. The largest absolute Gasteiger partial charge is 0.355 e. The highest BCUT2D eigenvalue weighted by atomic mass is 32.1. The molecule has 1 heterocycles. The first-order valence-corrected chi connectivity index (χ1v) is 7.84. The summed E-state index contributed by atoms with van der Waals surface area (Å²) in [5.41, 5.74) is 1.49. The van der Waals surface area contributed by atoms with Gasteiger partial charge in [-0.3, -0.25) is 9.59 Å². The number of halogens is 1. The molecule has 0 saturated heterocycles. The standard InChI is InChI=1S/C16H16FN3O2S/c1-11(21)18-8-9-19-15(22)7-6-14-10-23-16(20-14)12-2-4-13(17)5-3-12/h2-7,10H,8-9H2,1H3,(H,18,21)(H,19,22). The molecule has 0 radical (unpaired) electrons. The molecule has 0 bridgehead atoms. The summed E-state index contributed by atoms with van der Waals surface area (Å²) in [6.45, 7) is 2.17. The van der Waals surface area contributed by atoms with Crippen LogP contribution in [0.5, 0.6) is 0 Å². The number of hydrogen-bond donors (Lipinski definition) is 2. The molecule has 5 nitrogen and oxygen atoms in total. The molecular weight excluding hydrogens is 317 g/mol. The van der Waals surface area contributed by atoms with Crippen molar-refractivity contribution in [2.24, 2.45) is 0 Å². The molecule has 2 aromatic rings. The Bertz CT molecular complexity index is 710. The van der Waals surface area contributed by atoms with Crippen LogP contribution in [0.15, 0.2) is 35.7 Å². The number of benzene rings is 1. The van der Waals surface area contributed by atoms with Gasteiger partial charge in [0.2, 0.25) is 11.8 Å². The molecular formula is C16H16FN3O2S. The molecule has 0 atom stereocenters. The van der Waals surface area contributed by atoms with E-state index in [0.29, 0.717) is 18.8 Å². The fourth-order valence-electron chi connectivity index (χ4n) is 1.73. The third kappa shape index (κ3) is 5.63. The maximum atomic E-state index is 12.9. The highest BCUT2D eigenvalue weighted by Crippen LogP contribution is 2.24. The van der Waals surface area contributed by atoms with E-state index in [0.717, 1.165) is 10.6 Å². The summed E-state index contributed by atoms with van der Waals surface area (Å²) in [7, 11) is 0. The molecule has 0 saturated carbocycles. The van der Waals surface area contributed by atoms with Crippen molar-refractivity contribution in [2.75, 3.05) is 13.1 Å². The van der Waals surface area contributed by atoms with Crippen LogP contribution in [0.2, 0.25) is 0 Å². The zero-order chi connectivity index (χ0) is 16.7. The summed E-state index contributed by atoms with van der Waals surface area (Å²) in [6.07, 6.45) is 2.99. The number of carbonyl (C=O) groups is 2. The second kappa shape index (κ2) is 8.19. The van der Waals surface area contributed by atoms with Crippen molar-refractivity contribution in [3.63, 3.8) is 0 Å². The monoisotopic (exact) mass is 333 g/mol. The Morgan fingerprint density at radius 3 is 2.61 bits per heavy atom. The number of aromatic nitrogens is 1. The van der Waals surface area contributed by atoms with Gasteiger partial charge in [0.25, 0.3) is 0 Å². The molecule has 7 heteroatoms. The number of carbonyl (C=O) groups excluding carboxylic acids is 2. The summed E-state index contributed by atoms with van der Waals surface area (Å²) in [4.78, 5) is 26.6. The molecule has 2 N–H and O–H groups in total. The molecule has 2 rings (SSSR count). The van der Waals surface area contributed by atoms with Gasteiger partial charge in [-0.1, -0.05) is 0 Å². The van der Waals surface area contributed by atoms with E-state index in [2.05, 4.69) is 15.6 Å². The van der Waals surface area contributed by atoms with Gasteiger partial charge in [0.05, 0.1) is 5.69 Å². The molecule has 0 aliphatic heterocycles. The Balaban J connectivity index is 1.87. The lowest BCUT2D eigenvalue weighted by Crippen LogP contribution is -2.32. The maximum Gasteiger partial charge on any atom is 0.244 e. The van der Waals surface area contributed by atoms with Crippen molar-refractivity contribution in [3.05, 3.63) is 47.2 Å². The lowest BCUT2D eigenvalue weighted by Gasteiger charge is -2.02. The van der Waals surface area contributed by atoms with Crippen molar-refractivity contribution in [1.82, 2.24) is 15.6 Å². The first-order chi connectivity index (χ1) is 11.0. The number of rotatable bonds is 6. The molecule has 2 amide bonds. The van der Waals surface area contributed by atoms with E-state index < -0.39 is 0 Å². The number of nitrogens with one attached hydrogen (secondary N) is 2. The van der Waals surface area contributed by atoms with Gasteiger partial charge in [0.15, 0.2) is 0 Å². The van der Waals surface area contributed by atoms with Crippen LogP contribution < -0.4 is 10.6 Å². The minimum atomic E-state index is -0.290. The van der Waals surface area contributed by atoms with Crippen LogP contribution in [-0.2, 0) is 9.59 Å². The third-order valence-corrected chi connectivity index (χ3v) is 3.73. The molecule has 1 aromatic carbocycles. The molecule has 0 aliphatic carbocycles. The van der Waals surface area contributed by atoms with Crippen LogP contribution in [0.25, 0.3) is 16.6 Å². The quantitative estimate of drug-likeness (QED) is 0.629. The van der Waals surface area contributed by atoms with E-state index >= 15 is 0 Å². The summed E-state index contributed by atoms with van der Waals surface area (Å²) < 4.78 is 12.9. The average Bonchev–Trinajstić information content (AvgIpc) is 2.99.